The Hall–Kier alpha value is -0.610. The van der Waals surface area contributed by atoms with Gasteiger partial charge in [0.25, 0.3) is 0 Å². The number of nitrogens with one attached hydrogen (secondary N) is 1. The van der Waals surface area contributed by atoms with Crippen LogP contribution in [0.25, 0.3) is 0 Å². The number of piperidine rings is 1. The fourth-order valence-electron chi connectivity index (χ4n) is 1.57. The fraction of sp³-hybridized carbons (Fsp3) is 0.889. The lowest BCUT2D eigenvalue weighted by Gasteiger charge is -2.25. The number of carbonyl (C=O) groups excluding carboxylic acids is 1. The summed E-state index contributed by atoms with van der Waals surface area (Å²) < 4.78 is 4.74. The van der Waals surface area contributed by atoms with Gasteiger partial charge in [-0.05, 0) is 26.3 Å². The van der Waals surface area contributed by atoms with E-state index in [0.717, 1.165) is 19.4 Å². The van der Waals surface area contributed by atoms with E-state index in [9.17, 15) is 9.90 Å². The van der Waals surface area contributed by atoms with Gasteiger partial charge in [0.05, 0.1) is 6.61 Å². The Labute approximate surface area is 78.3 Å². The van der Waals surface area contributed by atoms with Gasteiger partial charge in [-0.15, -0.1) is 0 Å². The predicted molar refractivity (Wildman–Crippen MR) is 48.2 cm³/mol. The van der Waals surface area contributed by atoms with Crippen molar-refractivity contribution in [2.24, 2.45) is 5.92 Å². The van der Waals surface area contributed by atoms with Crippen LogP contribution in [0, 0.1) is 5.92 Å². The van der Waals surface area contributed by atoms with Crippen LogP contribution in [0.4, 0.5) is 0 Å². The maximum absolute atomic E-state index is 11.1. The molecule has 0 aromatic rings. The Bertz CT molecular complexity index is 166. The second-order valence-corrected chi connectivity index (χ2v) is 3.30. The molecule has 13 heavy (non-hydrogen) atoms. The van der Waals surface area contributed by atoms with Crippen LogP contribution < -0.4 is 5.32 Å². The summed E-state index contributed by atoms with van der Waals surface area (Å²) in [4.78, 5) is 11.1. The Kier molecular flexibility index (Phi) is 4.18. The lowest BCUT2D eigenvalue weighted by atomic mass is 9.94. The van der Waals surface area contributed by atoms with Gasteiger partial charge < -0.3 is 15.2 Å². The quantitative estimate of drug-likeness (QED) is 0.606. The molecule has 2 N–H and O–H groups in total. The number of carbonyl (C=O) groups is 1. The van der Waals surface area contributed by atoms with E-state index in [1.165, 1.54) is 0 Å². The van der Waals surface area contributed by atoms with Crippen LogP contribution in [0.1, 0.15) is 19.8 Å². The number of hydrogen-bond acceptors (Lipinski definition) is 4. The Morgan fingerprint density at radius 1 is 1.77 bits per heavy atom. The normalized spacial score (nSPS) is 25.2. The number of hydrogen-bond donors (Lipinski definition) is 2. The van der Waals surface area contributed by atoms with Crippen LogP contribution in [0.3, 0.4) is 0 Å². The van der Waals surface area contributed by atoms with Gasteiger partial charge in [0, 0.05) is 12.5 Å². The van der Waals surface area contributed by atoms with Crippen molar-refractivity contribution in [3.8, 4) is 0 Å². The summed E-state index contributed by atoms with van der Waals surface area (Å²) in [5.41, 5.74) is 0. The van der Waals surface area contributed by atoms with E-state index >= 15 is 0 Å². The van der Waals surface area contributed by atoms with Gasteiger partial charge in [0.1, 0.15) is 0 Å². The summed E-state index contributed by atoms with van der Waals surface area (Å²) in [6.07, 6.45) is 0.960. The van der Waals surface area contributed by atoms with Gasteiger partial charge in [0.15, 0.2) is 6.10 Å². The Morgan fingerprint density at radius 2 is 2.54 bits per heavy atom. The van der Waals surface area contributed by atoms with E-state index in [0.29, 0.717) is 13.2 Å². The molecule has 1 rings (SSSR count). The van der Waals surface area contributed by atoms with E-state index in [-0.39, 0.29) is 5.92 Å². The molecule has 0 unspecified atom stereocenters. The van der Waals surface area contributed by atoms with E-state index < -0.39 is 12.1 Å². The van der Waals surface area contributed by atoms with Crippen LogP contribution in [0.5, 0.6) is 0 Å². The highest BCUT2D eigenvalue weighted by Gasteiger charge is 2.28. The van der Waals surface area contributed by atoms with Gasteiger partial charge >= 0.3 is 5.97 Å². The zero-order chi connectivity index (χ0) is 9.68. The summed E-state index contributed by atoms with van der Waals surface area (Å²) in [7, 11) is 0. The summed E-state index contributed by atoms with van der Waals surface area (Å²) in [5.74, 6) is -0.469. The molecule has 0 bridgehead atoms. The average molecular weight is 187 g/mol. The molecule has 0 aliphatic carbocycles. The van der Waals surface area contributed by atoms with Crippen LogP contribution >= 0.6 is 0 Å². The van der Waals surface area contributed by atoms with Crippen LogP contribution in [-0.4, -0.2) is 36.9 Å². The molecule has 0 aromatic carbocycles. The smallest absolute Gasteiger partial charge is 0.335 e. The summed E-state index contributed by atoms with van der Waals surface area (Å²) >= 11 is 0. The highest BCUT2D eigenvalue weighted by atomic mass is 16.5. The van der Waals surface area contributed by atoms with E-state index in [1.54, 1.807) is 6.92 Å². The first kappa shape index (κ1) is 10.5. The molecular weight excluding hydrogens is 170 g/mol. The minimum Gasteiger partial charge on any atom is -0.464 e. The molecule has 1 fully saturated rings. The second kappa shape index (κ2) is 5.19. The van der Waals surface area contributed by atoms with Crippen molar-refractivity contribution in [3.63, 3.8) is 0 Å². The minimum absolute atomic E-state index is 0.0211. The molecule has 0 aromatic heterocycles. The molecule has 4 nitrogen and oxygen atoms in total. The summed E-state index contributed by atoms with van der Waals surface area (Å²) in [5, 5.41) is 12.7. The average Bonchev–Trinajstić information content (AvgIpc) is 2.18. The van der Waals surface area contributed by atoms with E-state index in [4.69, 9.17) is 4.74 Å². The van der Waals surface area contributed by atoms with Crippen molar-refractivity contribution in [2.75, 3.05) is 19.7 Å². The van der Waals surface area contributed by atoms with Gasteiger partial charge in [-0.1, -0.05) is 0 Å². The zero-order valence-corrected chi connectivity index (χ0v) is 7.95. The number of aliphatic hydroxyl groups excluding tert-OH is 1. The van der Waals surface area contributed by atoms with Crippen molar-refractivity contribution in [1.29, 1.82) is 0 Å². The molecule has 0 spiro atoms. The van der Waals surface area contributed by atoms with Gasteiger partial charge in [-0.3, -0.25) is 0 Å². The van der Waals surface area contributed by atoms with Crippen molar-refractivity contribution in [2.45, 2.75) is 25.9 Å². The highest BCUT2D eigenvalue weighted by molar-refractivity contribution is 5.74. The molecule has 1 aliphatic rings. The van der Waals surface area contributed by atoms with E-state index in [1.807, 2.05) is 0 Å². The molecule has 1 saturated heterocycles. The van der Waals surface area contributed by atoms with Crippen molar-refractivity contribution < 1.29 is 14.6 Å². The van der Waals surface area contributed by atoms with Crippen molar-refractivity contribution >= 4 is 5.97 Å². The first-order chi connectivity index (χ1) is 6.25. The topological polar surface area (TPSA) is 58.6 Å². The van der Waals surface area contributed by atoms with Gasteiger partial charge in [-0.25, -0.2) is 4.79 Å². The molecule has 0 amide bonds. The molecule has 0 radical (unpaired) electrons. The SMILES string of the molecule is CCOC(=O)[C@H](O)[C@H]1CCCNC1. The third-order valence-electron chi connectivity index (χ3n) is 2.31. The summed E-state index contributed by atoms with van der Waals surface area (Å²) in [6, 6.07) is 0. The molecule has 4 heteroatoms. The molecular formula is C9H17NO3. The Balaban J connectivity index is 2.35. The van der Waals surface area contributed by atoms with Crippen molar-refractivity contribution in [3.05, 3.63) is 0 Å². The summed E-state index contributed by atoms with van der Waals surface area (Å²) in [6.45, 7) is 3.76. The number of aliphatic hydroxyl groups is 1. The van der Waals surface area contributed by atoms with Crippen LogP contribution in [0.2, 0.25) is 0 Å². The molecule has 1 heterocycles. The highest BCUT2D eigenvalue weighted by Crippen LogP contribution is 2.15. The zero-order valence-electron chi connectivity index (χ0n) is 7.95. The van der Waals surface area contributed by atoms with Gasteiger partial charge in [0.2, 0.25) is 0 Å². The Morgan fingerprint density at radius 3 is 3.08 bits per heavy atom. The lowest BCUT2D eigenvalue weighted by molar-refractivity contribution is -0.156. The third-order valence-corrected chi connectivity index (χ3v) is 2.31. The standard InChI is InChI=1S/C9H17NO3/c1-2-13-9(12)8(11)7-4-3-5-10-6-7/h7-8,10-11H,2-6H2,1H3/t7-,8+/m0/s1. The maximum Gasteiger partial charge on any atom is 0.335 e. The van der Waals surface area contributed by atoms with Crippen LogP contribution in [0.15, 0.2) is 0 Å². The number of ether oxygens (including phenoxy) is 1. The molecule has 0 saturated carbocycles. The maximum atomic E-state index is 11.1. The first-order valence-corrected chi connectivity index (χ1v) is 4.81. The largest absolute Gasteiger partial charge is 0.464 e. The number of rotatable bonds is 3. The molecule has 76 valence electrons. The molecule has 1 aliphatic heterocycles. The lowest BCUT2D eigenvalue weighted by Crippen LogP contribution is -2.41. The first-order valence-electron chi connectivity index (χ1n) is 4.81. The van der Waals surface area contributed by atoms with E-state index in [2.05, 4.69) is 5.32 Å². The van der Waals surface area contributed by atoms with Crippen LogP contribution in [-0.2, 0) is 9.53 Å². The number of esters is 1. The minimum atomic E-state index is -0.951. The monoisotopic (exact) mass is 187 g/mol. The predicted octanol–water partition coefficient (Wildman–Crippen LogP) is -0.0900. The molecule has 2 atom stereocenters. The fourth-order valence-corrected chi connectivity index (χ4v) is 1.57. The third kappa shape index (κ3) is 2.97. The van der Waals surface area contributed by atoms with Crippen molar-refractivity contribution in [1.82, 2.24) is 5.32 Å². The van der Waals surface area contributed by atoms with Gasteiger partial charge in [-0.2, -0.15) is 0 Å². The second-order valence-electron chi connectivity index (χ2n) is 3.30.